The first-order valence-corrected chi connectivity index (χ1v) is 16.9. The Labute approximate surface area is 229 Å². The summed E-state index contributed by atoms with van der Waals surface area (Å²) in [7, 11) is 6.24. The third-order valence-corrected chi connectivity index (χ3v) is 10.7. The Morgan fingerprint density at radius 1 is 0.824 bits per heavy atom. The minimum atomic E-state index is -0.448. The normalized spacial score (nSPS) is 12.5. The summed E-state index contributed by atoms with van der Waals surface area (Å²) in [4.78, 5) is 32.8. The fraction of sp³-hybridized carbons (Fsp3) is 0.381. The van der Waals surface area contributed by atoms with Crippen molar-refractivity contribution in [1.29, 1.82) is 0 Å². The summed E-state index contributed by atoms with van der Waals surface area (Å²) in [6, 6.07) is 11.5. The summed E-state index contributed by atoms with van der Waals surface area (Å²) in [6.45, 7) is 4.12. The van der Waals surface area contributed by atoms with E-state index in [2.05, 4.69) is 9.97 Å². The molecule has 0 spiro atoms. The van der Waals surface area contributed by atoms with Gasteiger partial charge in [-0.05, 0) is 59.7 Å². The van der Waals surface area contributed by atoms with Crippen molar-refractivity contribution in [3.63, 3.8) is 0 Å². The van der Waals surface area contributed by atoms with Gasteiger partial charge in [0.1, 0.15) is 37.3 Å². The molecule has 13 heteroatoms. The van der Waals surface area contributed by atoms with E-state index in [1.165, 1.54) is 23.5 Å². The predicted molar refractivity (Wildman–Crippen MR) is 154 cm³/mol. The first-order valence-electron chi connectivity index (χ1n) is 10.1. The molecule has 184 valence electrons. The molecule has 2 heterocycles. The second-order valence-corrected chi connectivity index (χ2v) is 15.0. The number of hydrogen-bond acceptors (Lipinski definition) is 13. The average molecular weight is 593 g/mol. The molecule has 0 aliphatic heterocycles. The van der Waals surface area contributed by atoms with E-state index in [0.29, 0.717) is 28.2 Å². The van der Waals surface area contributed by atoms with Gasteiger partial charge in [-0.15, -0.1) is 0 Å². The quantitative estimate of drug-likeness (QED) is 0.107. The van der Waals surface area contributed by atoms with Gasteiger partial charge in [0.25, 0.3) is 0 Å². The number of nitrogens with zero attached hydrogens (tertiary/aromatic N) is 2. The maximum Gasteiger partial charge on any atom is 0.319 e. The Balaban J connectivity index is 1.53. The molecule has 0 saturated carbocycles. The van der Waals surface area contributed by atoms with Gasteiger partial charge in [-0.2, -0.15) is 0 Å². The molecule has 0 aromatic carbocycles. The summed E-state index contributed by atoms with van der Waals surface area (Å²) in [5.74, 6) is 0.666. The fourth-order valence-electron chi connectivity index (χ4n) is 2.00. The van der Waals surface area contributed by atoms with Crippen molar-refractivity contribution in [3.8, 4) is 0 Å². The van der Waals surface area contributed by atoms with E-state index >= 15 is 0 Å². The van der Waals surface area contributed by atoms with E-state index in [1.807, 2.05) is 36.4 Å². The molecule has 0 radical (unpaired) electrons. The standard InChI is InChI=1S/C21H24N2O4S7/c1-15(19(24)26-11-13-29-33-17-7-3-5-9-22-17)31-21(28)32-16(2)20(25)27-12-14-30-34-18-8-4-6-10-23-18/h3-10,15-16H,11-14H2,1-2H3. The Morgan fingerprint density at radius 2 is 1.26 bits per heavy atom. The molecule has 6 nitrogen and oxygen atoms in total. The van der Waals surface area contributed by atoms with Crippen LogP contribution in [0.1, 0.15) is 13.8 Å². The Hall–Kier alpha value is -0.570. The fourth-order valence-corrected chi connectivity index (χ4v) is 8.27. The van der Waals surface area contributed by atoms with Gasteiger partial charge in [-0.25, -0.2) is 9.97 Å². The van der Waals surface area contributed by atoms with Crippen LogP contribution in [-0.4, -0.2) is 60.7 Å². The summed E-state index contributed by atoms with van der Waals surface area (Å²) in [5.41, 5.74) is 0. The van der Waals surface area contributed by atoms with Crippen molar-refractivity contribution in [2.75, 3.05) is 24.7 Å². The number of rotatable bonds is 14. The van der Waals surface area contributed by atoms with E-state index in [4.69, 9.17) is 21.7 Å². The predicted octanol–water partition coefficient (Wildman–Crippen LogP) is 6.27. The van der Waals surface area contributed by atoms with E-state index in [0.717, 1.165) is 10.1 Å². The van der Waals surface area contributed by atoms with Crippen LogP contribution >= 0.6 is 78.9 Å². The minimum absolute atomic E-state index is 0.313. The topological polar surface area (TPSA) is 78.4 Å². The summed E-state index contributed by atoms with van der Waals surface area (Å²) >= 11 is 7.78. The van der Waals surface area contributed by atoms with E-state index < -0.39 is 10.5 Å². The first-order chi connectivity index (χ1) is 16.5. The molecule has 0 amide bonds. The van der Waals surface area contributed by atoms with Gasteiger partial charge in [-0.1, -0.05) is 69.5 Å². The third-order valence-electron chi connectivity index (χ3n) is 3.60. The van der Waals surface area contributed by atoms with Crippen LogP contribution in [-0.2, 0) is 19.1 Å². The minimum Gasteiger partial charge on any atom is -0.464 e. The van der Waals surface area contributed by atoms with Gasteiger partial charge >= 0.3 is 11.9 Å². The van der Waals surface area contributed by atoms with Crippen molar-refractivity contribution < 1.29 is 19.1 Å². The lowest BCUT2D eigenvalue weighted by Gasteiger charge is -2.14. The lowest BCUT2D eigenvalue weighted by Crippen LogP contribution is -2.21. The van der Waals surface area contributed by atoms with Gasteiger partial charge in [0.2, 0.25) is 0 Å². The number of hydrogen-bond donors (Lipinski definition) is 0. The van der Waals surface area contributed by atoms with E-state index in [1.54, 1.807) is 69.4 Å². The van der Waals surface area contributed by atoms with Crippen LogP contribution in [0.15, 0.2) is 58.8 Å². The number of ether oxygens (including phenoxy) is 2. The largest absolute Gasteiger partial charge is 0.464 e. The molecule has 2 atom stereocenters. The molecule has 0 N–H and O–H groups in total. The molecule has 0 saturated heterocycles. The lowest BCUT2D eigenvalue weighted by molar-refractivity contribution is -0.142. The number of aromatic nitrogens is 2. The van der Waals surface area contributed by atoms with Crippen LogP contribution in [0.5, 0.6) is 0 Å². The zero-order chi connectivity index (χ0) is 24.6. The summed E-state index contributed by atoms with van der Waals surface area (Å²) in [5, 5.41) is 0.938. The van der Waals surface area contributed by atoms with Crippen LogP contribution in [0.4, 0.5) is 0 Å². The van der Waals surface area contributed by atoms with Gasteiger partial charge in [0.05, 0.1) is 0 Å². The van der Waals surface area contributed by atoms with Gasteiger partial charge in [-0.3, -0.25) is 9.59 Å². The zero-order valence-electron chi connectivity index (χ0n) is 18.5. The Bertz CT molecular complexity index is 822. The molecule has 2 unspecified atom stereocenters. The Morgan fingerprint density at radius 3 is 1.65 bits per heavy atom. The van der Waals surface area contributed by atoms with Gasteiger partial charge in [0, 0.05) is 23.9 Å². The molecule has 0 aliphatic rings. The van der Waals surface area contributed by atoms with Crippen LogP contribution < -0.4 is 0 Å². The molecule has 34 heavy (non-hydrogen) atoms. The highest BCUT2D eigenvalue weighted by atomic mass is 33.1. The molecule has 0 bridgehead atoms. The number of pyridine rings is 2. The first kappa shape index (κ1) is 29.7. The SMILES string of the molecule is CC(SC(=S)SC(C)C(=O)OCCSSc1ccccn1)C(=O)OCCSSc1ccccn1. The highest BCUT2D eigenvalue weighted by Crippen LogP contribution is 2.30. The van der Waals surface area contributed by atoms with E-state index in [-0.39, 0.29) is 11.9 Å². The molecule has 0 fully saturated rings. The zero-order valence-corrected chi connectivity index (χ0v) is 24.2. The Kier molecular flexibility index (Phi) is 15.5. The van der Waals surface area contributed by atoms with Crippen LogP contribution in [0.25, 0.3) is 0 Å². The van der Waals surface area contributed by atoms with Gasteiger partial charge in [0.15, 0.2) is 0 Å². The summed E-state index contributed by atoms with van der Waals surface area (Å²) in [6.07, 6.45) is 3.49. The molecular weight excluding hydrogens is 569 g/mol. The van der Waals surface area contributed by atoms with Crippen molar-refractivity contribution in [2.45, 2.75) is 34.4 Å². The van der Waals surface area contributed by atoms with Crippen LogP contribution in [0.3, 0.4) is 0 Å². The molecule has 2 aromatic heterocycles. The van der Waals surface area contributed by atoms with E-state index in [9.17, 15) is 9.59 Å². The average Bonchev–Trinajstić information content (AvgIpc) is 2.84. The third kappa shape index (κ3) is 12.9. The summed E-state index contributed by atoms with van der Waals surface area (Å²) < 4.78 is 11.1. The number of carbonyl (C=O) groups is 2. The van der Waals surface area contributed by atoms with Crippen LogP contribution in [0.2, 0.25) is 0 Å². The molecule has 2 rings (SSSR count). The monoisotopic (exact) mass is 592 g/mol. The van der Waals surface area contributed by atoms with Crippen molar-refractivity contribution >= 4 is 94.4 Å². The van der Waals surface area contributed by atoms with Crippen molar-refractivity contribution in [3.05, 3.63) is 48.8 Å². The van der Waals surface area contributed by atoms with Crippen molar-refractivity contribution in [2.24, 2.45) is 0 Å². The maximum absolute atomic E-state index is 12.2. The van der Waals surface area contributed by atoms with Gasteiger partial charge < -0.3 is 9.47 Å². The molecular formula is C21H24N2O4S7. The van der Waals surface area contributed by atoms with Crippen molar-refractivity contribution in [1.82, 2.24) is 9.97 Å². The highest BCUT2D eigenvalue weighted by molar-refractivity contribution is 8.77. The number of thiocarbonyl (C=S) groups is 1. The lowest BCUT2D eigenvalue weighted by atomic mass is 10.5. The highest BCUT2D eigenvalue weighted by Gasteiger charge is 2.22. The maximum atomic E-state index is 12.2. The second kappa shape index (κ2) is 17.8. The van der Waals surface area contributed by atoms with Crippen LogP contribution in [0, 0.1) is 0 Å². The smallest absolute Gasteiger partial charge is 0.319 e. The number of carbonyl (C=O) groups excluding carboxylic acids is 2. The molecule has 0 aliphatic carbocycles. The number of esters is 2. The molecule has 2 aromatic rings. The number of thioether (sulfide) groups is 2. The second-order valence-electron chi connectivity index (χ2n) is 6.25.